The highest BCUT2D eigenvalue weighted by Crippen LogP contribution is 2.28. The zero-order valence-electron chi connectivity index (χ0n) is 10.3. The van der Waals surface area contributed by atoms with Crippen LogP contribution in [-0.2, 0) is 9.53 Å². The van der Waals surface area contributed by atoms with Crippen molar-refractivity contribution in [2.75, 3.05) is 13.6 Å². The van der Waals surface area contributed by atoms with Crippen molar-refractivity contribution in [1.82, 2.24) is 0 Å². The number of ether oxygens (including phenoxy) is 1. The third kappa shape index (κ3) is 2.52. The van der Waals surface area contributed by atoms with Crippen LogP contribution in [0.25, 0.3) is 0 Å². The number of carboxylic acids is 1. The molecule has 1 rings (SSSR count). The van der Waals surface area contributed by atoms with Gasteiger partial charge in [-0.3, -0.25) is 0 Å². The summed E-state index contributed by atoms with van der Waals surface area (Å²) in [5.41, 5.74) is -0.579. The van der Waals surface area contributed by atoms with E-state index in [-0.39, 0.29) is 4.48 Å². The fourth-order valence-corrected chi connectivity index (χ4v) is 2.01. The maximum absolute atomic E-state index is 12.0. The molecule has 0 bridgehead atoms. The van der Waals surface area contributed by atoms with E-state index in [4.69, 9.17) is 9.84 Å². The van der Waals surface area contributed by atoms with Crippen LogP contribution in [0.4, 0.5) is 4.79 Å². The van der Waals surface area contributed by atoms with Gasteiger partial charge in [0.2, 0.25) is 0 Å². The van der Waals surface area contributed by atoms with E-state index in [1.807, 2.05) is 0 Å². The number of hydrogen-bond donors (Lipinski definition) is 1. The van der Waals surface area contributed by atoms with Crippen LogP contribution < -0.4 is 0 Å². The smallest absolute Gasteiger partial charge is 0.477 e. The summed E-state index contributed by atoms with van der Waals surface area (Å²) in [6, 6.07) is -0.671. The SMILES string of the molecule is CC(C)(C)OC(=O)[N@+]1(C)CCCC1C(=O)O. The molecule has 1 aliphatic rings. The fraction of sp³-hybridized carbons (Fsp3) is 0.818. The summed E-state index contributed by atoms with van der Waals surface area (Å²) < 4.78 is 5.13. The third-order valence-electron chi connectivity index (χ3n) is 2.88. The van der Waals surface area contributed by atoms with Gasteiger partial charge in [0.15, 0.2) is 6.04 Å². The quantitative estimate of drug-likeness (QED) is 0.695. The Bertz CT molecular complexity index is 308. The number of carbonyl (C=O) groups is 2. The van der Waals surface area contributed by atoms with Crippen LogP contribution in [0.5, 0.6) is 0 Å². The van der Waals surface area contributed by atoms with Crippen LogP contribution in [0.1, 0.15) is 33.6 Å². The molecule has 5 heteroatoms. The lowest BCUT2D eigenvalue weighted by molar-refractivity contribution is -0.842. The molecule has 0 aromatic carbocycles. The Labute approximate surface area is 95.6 Å². The van der Waals surface area contributed by atoms with Crippen LogP contribution in [-0.4, -0.2) is 46.9 Å². The molecule has 2 atom stereocenters. The predicted octanol–water partition coefficient (Wildman–Crippen LogP) is 1.62. The molecule has 0 aromatic heterocycles. The van der Waals surface area contributed by atoms with Gasteiger partial charge in [-0.25, -0.2) is 9.28 Å². The van der Waals surface area contributed by atoms with E-state index in [1.54, 1.807) is 27.8 Å². The average molecular weight is 230 g/mol. The Morgan fingerprint density at radius 1 is 1.38 bits per heavy atom. The van der Waals surface area contributed by atoms with Gasteiger partial charge in [-0.15, -0.1) is 0 Å². The highest BCUT2D eigenvalue weighted by atomic mass is 16.6. The van der Waals surface area contributed by atoms with E-state index >= 15 is 0 Å². The van der Waals surface area contributed by atoms with Crippen molar-refractivity contribution < 1.29 is 23.9 Å². The lowest BCUT2D eigenvalue weighted by atomic mass is 10.2. The molecule has 5 nitrogen and oxygen atoms in total. The van der Waals surface area contributed by atoms with E-state index in [2.05, 4.69) is 0 Å². The van der Waals surface area contributed by atoms with Crippen molar-refractivity contribution in [3.8, 4) is 0 Å². The van der Waals surface area contributed by atoms with E-state index in [9.17, 15) is 9.59 Å². The Hall–Kier alpha value is -1.10. The molecule has 92 valence electrons. The van der Waals surface area contributed by atoms with Crippen molar-refractivity contribution in [2.45, 2.75) is 45.3 Å². The molecule has 0 aromatic rings. The molecule has 1 fully saturated rings. The molecule has 1 heterocycles. The molecule has 0 saturated carbocycles. The number of nitrogens with zero attached hydrogens (tertiary/aromatic N) is 1. The molecule has 1 N–H and O–H groups in total. The zero-order valence-corrected chi connectivity index (χ0v) is 10.3. The molecular formula is C11H20NO4+. The molecule has 0 spiro atoms. The Morgan fingerprint density at radius 2 is 1.94 bits per heavy atom. The largest absolute Gasteiger partial charge is 0.517 e. The topological polar surface area (TPSA) is 63.6 Å². The number of likely N-dealkylation sites (tertiary alicyclic amines) is 1. The third-order valence-corrected chi connectivity index (χ3v) is 2.88. The van der Waals surface area contributed by atoms with Gasteiger partial charge in [0.25, 0.3) is 0 Å². The number of likely N-dealkylation sites (N-methyl/N-ethyl adjacent to an activating group) is 1. The lowest BCUT2D eigenvalue weighted by Gasteiger charge is -2.32. The number of aliphatic carboxylic acids is 1. The molecule has 0 aliphatic carbocycles. The van der Waals surface area contributed by atoms with Crippen molar-refractivity contribution in [2.24, 2.45) is 0 Å². The van der Waals surface area contributed by atoms with Gasteiger partial charge in [0, 0.05) is 12.8 Å². The summed E-state index contributed by atoms with van der Waals surface area (Å²) in [7, 11) is 1.64. The number of amides is 1. The Kier molecular flexibility index (Phi) is 3.28. The predicted molar refractivity (Wildman–Crippen MR) is 57.9 cm³/mol. The summed E-state index contributed by atoms with van der Waals surface area (Å²) in [5.74, 6) is -0.925. The highest BCUT2D eigenvalue weighted by molar-refractivity contribution is 5.75. The second-order valence-corrected chi connectivity index (χ2v) is 5.47. The van der Waals surface area contributed by atoms with Crippen molar-refractivity contribution in [3.63, 3.8) is 0 Å². The van der Waals surface area contributed by atoms with Crippen molar-refractivity contribution in [3.05, 3.63) is 0 Å². The summed E-state index contributed by atoms with van der Waals surface area (Å²) in [4.78, 5) is 23.0. The zero-order chi connectivity index (χ0) is 12.6. The van der Waals surface area contributed by atoms with Gasteiger partial charge in [0.1, 0.15) is 5.60 Å². The number of quaternary nitrogens is 1. The molecule has 16 heavy (non-hydrogen) atoms. The van der Waals surface area contributed by atoms with Gasteiger partial charge in [-0.1, -0.05) is 0 Å². The summed E-state index contributed by atoms with van der Waals surface area (Å²) in [5, 5.41) is 9.07. The minimum Gasteiger partial charge on any atom is -0.477 e. The molecule has 1 saturated heterocycles. The van der Waals surface area contributed by atoms with Gasteiger partial charge in [0.05, 0.1) is 13.6 Å². The Balaban J connectivity index is 2.84. The van der Waals surface area contributed by atoms with E-state index in [0.29, 0.717) is 13.0 Å². The molecule has 0 radical (unpaired) electrons. The van der Waals surface area contributed by atoms with Crippen LogP contribution in [0.2, 0.25) is 0 Å². The molecule has 1 aliphatic heterocycles. The van der Waals surface area contributed by atoms with E-state index < -0.39 is 23.7 Å². The molecular weight excluding hydrogens is 210 g/mol. The minimum atomic E-state index is -0.925. The maximum atomic E-state index is 12.0. The molecule has 1 amide bonds. The van der Waals surface area contributed by atoms with Crippen LogP contribution in [0, 0.1) is 0 Å². The standard InChI is InChI=1S/C11H19NO4/c1-11(2,3)16-10(15)12(4)7-5-6-8(12)9(13)14/h8H,5-7H2,1-4H3/p+1/t8?,12-/m1/s1. The second-order valence-electron chi connectivity index (χ2n) is 5.47. The summed E-state index contributed by atoms with van der Waals surface area (Å²) in [6.07, 6.45) is 0.829. The van der Waals surface area contributed by atoms with Gasteiger partial charge in [-0.2, -0.15) is 4.79 Å². The summed E-state index contributed by atoms with van der Waals surface area (Å²) >= 11 is 0. The first-order chi connectivity index (χ1) is 7.17. The first-order valence-electron chi connectivity index (χ1n) is 5.48. The van der Waals surface area contributed by atoms with E-state index in [0.717, 1.165) is 6.42 Å². The number of carboxylic acid groups (broad SMARTS) is 1. The second kappa shape index (κ2) is 4.05. The first kappa shape index (κ1) is 13.0. The number of hydrogen-bond acceptors (Lipinski definition) is 3. The number of rotatable bonds is 1. The highest BCUT2D eigenvalue weighted by Gasteiger charge is 2.51. The normalized spacial score (nSPS) is 30.1. The Morgan fingerprint density at radius 3 is 2.38 bits per heavy atom. The first-order valence-corrected chi connectivity index (χ1v) is 5.48. The summed E-state index contributed by atoms with van der Waals surface area (Å²) in [6.45, 7) is 5.88. The van der Waals surface area contributed by atoms with Crippen molar-refractivity contribution >= 4 is 12.1 Å². The van der Waals surface area contributed by atoms with Gasteiger partial charge < -0.3 is 9.84 Å². The van der Waals surface area contributed by atoms with Crippen LogP contribution >= 0.6 is 0 Å². The monoisotopic (exact) mass is 230 g/mol. The fourth-order valence-electron chi connectivity index (χ4n) is 2.01. The molecule has 1 unspecified atom stereocenters. The van der Waals surface area contributed by atoms with Crippen LogP contribution in [0.15, 0.2) is 0 Å². The van der Waals surface area contributed by atoms with Gasteiger partial charge >= 0.3 is 12.1 Å². The van der Waals surface area contributed by atoms with Crippen LogP contribution in [0.3, 0.4) is 0 Å². The maximum Gasteiger partial charge on any atom is 0.517 e. The minimum absolute atomic E-state index is 0.146. The number of carbonyl (C=O) groups excluding carboxylic acids is 1. The lowest BCUT2D eigenvalue weighted by Crippen LogP contribution is -2.57. The van der Waals surface area contributed by atoms with Crippen molar-refractivity contribution in [1.29, 1.82) is 0 Å². The van der Waals surface area contributed by atoms with E-state index in [1.165, 1.54) is 0 Å². The van der Waals surface area contributed by atoms with Gasteiger partial charge in [-0.05, 0) is 20.8 Å². The average Bonchev–Trinajstić information content (AvgIpc) is 2.45.